The molecule has 2 aromatic rings. The fourth-order valence-corrected chi connectivity index (χ4v) is 1.61. The van der Waals surface area contributed by atoms with Gasteiger partial charge in [0.25, 0.3) is 0 Å². The molecular weight excluding hydrogens is 210 g/mol. The van der Waals surface area contributed by atoms with E-state index in [2.05, 4.69) is 40.4 Å². The van der Waals surface area contributed by atoms with Crippen LogP contribution in [0.4, 0.5) is 0 Å². The summed E-state index contributed by atoms with van der Waals surface area (Å²) in [7, 11) is 0. The lowest BCUT2D eigenvalue weighted by Gasteiger charge is -2.13. The van der Waals surface area contributed by atoms with E-state index in [0.29, 0.717) is 0 Å². The number of hydrogen-bond donors (Lipinski definition) is 1. The maximum absolute atomic E-state index is 4.37. The van der Waals surface area contributed by atoms with Crippen LogP contribution in [0, 0.1) is 6.92 Å². The zero-order valence-electron chi connectivity index (χ0n) is 10.2. The third-order valence-corrected chi connectivity index (χ3v) is 2.75. The van der Waals surface area contributed by atoms with Crippen molar-refractivity contribution in [3.8, 4) is 0 Å². The SMILES string of the molecule is Cc1ccc(CN[C@H](C)c2cccnc2)nc1. The Bertz CT molecular complexity index is 451. The number of rotatable bonds is 4. The highest BCUT2D eigenvalue weighted by molar-refractivity contribution is 5.14. The zero-order chi connectivity index (χ0) is 12.1. The second-order valence-electron chi connectivity index (χ2n) is 4.22. The highest BCUT2D eigenvalue weighted by Crippen LogP contribution is 2.10. The molecule has 0 fully saturated rings. The fourth-order valence-electron chi connectivity index (χ4n) is 1.61. The standard InChI is InChI=1S/C14H17N3/c1-11-5-6-14(17-8-11)10-16-12(2)13-4-3-7-15-9-13/h3-9,12,16H,10H2,1-2H3/t12-/m1/s1. The summed E-state index contributed by atoms with van der Waals surface area (Å²) in [5, 5.41) is 3.43. The van der Waals surface area contributed by atoms with Crippen LogP contribution in [0.2, 0.25) is 0 Å². The van der Waals surface area contributed by atoms with E-state index in [9.17, 15) is 0 Å². The van der Waals surface area contributed by atoms with E-state index in [1.165, 1.54) is 11.1 Å². The summed E-state index contributed by atoms with van der Waals surface area (Å²) in [5.41, 5.74) is 3.44. The van der Waals surface area contributed by atoms with Crippen molar-refractivity contribution >= 4 is 0 Å². The van der Waals surface area contributed by atoms with Gasteiger partial charge in [0.2, 0.25) is 0 Å². The lowest BCUT2D eigenvalue weighted by molar-refractivity contribution is 0.566. The van der Waals surface area contributed by atoms with Crippen molar-refractivity contribution in [1.29, 1.82) is 0 Å². The predicted octanol–water partition coefficient (Wildman–Crippen LogP) is 2.64. The molecule has 0 amide bonds. The minimum absolute atomic E-state index is 0.284. The maximum Gasteiger partial charge on any atom is 0.0542 e. The molecule has 88 valence electrons. The molecular formula is C14H17N3. The molecule has 1 atom stereocenters. The van der Waals surface area contributed by atoms with Gasteiger partial charge in [-0.05, 0) is 37.1 Å². The number of aromatic nitrogens is 2. The molecule has 17 heavy (non-hydrogen) atoms. The third kappa shape index (κ3) is 3.36. The molecule has 0 aliphatic carbocycles. The van der Waals surface area contributed by atoms with Crippen molar-refractivity contribution in [1.82, 2.24) is 15.3 Å². The molecule has 0 spiro atoms. The van der Waals surface area contributed by atoms with Gasteiger partial charge < -0.3 is 5.32 Å². The number of pyridine rings is 2. The Labute approximate surface area is 102 Å². The second kappa shape index (κ2) is 5.55. The quantitative estimate of drug-likeness (QED) is 0.872. The summed E-state index contributed by atoms with van der Waals surface area (Å²) in [4.78, 5) is 8.48. The number of aryl methyl sites for hydroxylation is 1. The summed E-state index contributed by atoms with van der Waals surface area (Å²) in [6.45, 7) is 4.95. The van der Waals surface area contributed by atoms with Crippen LogP contribution >= 0.6 is 0 Å². The molecule has 0 bridgehead atoms. The highest BCUT2D eigenvalue weighted by atomic mass is 14.9. The van der Waals surface area contributed by atoms with E-state index in [-0.39, 0.29) is 6.04 Å². The lowest BCUT2D eigenvalue weighted by Crippen LogP contribution is -2.18. The molecule has 2 rings (SSSR count). The van der Waals surface area contributed by atoms with Crippen molar-refractivity contribution < 1.29 is 0 Å². The molecule has 1 N–H and O–H groups in total. The van der Waals surface area contributed by atoms with Crippen LogP contribution in [0.3, 0.4) is 0 Å². The van der Waals surface area contributed by atoms with Crippen molar-refractivity contribution in [2.75, 3.05) is 0 Å². The molecule has 0 aromatic carbocycles. The van der Waals surface area contributed by atoms with Gasteiger partial charge in [-0.3, -0.25) is 9.97 Å². The summed E-state index contributed by atoms with van der Waals surface area (Å²) in [6.07, 6.45) is 5.57. The number of hydrogen-bond acceptors (Lipinski definition) is 3. The third-order valence-electron chi connectivity index (χ3n) is 2.75. The van der Waals surface area contributed by atoms with Crippen LogP contribution in [0.5, 0.6) is 0 Å². The molecule has 0 saturated heterocycles. The topological polar surface area (TPSA) is 37.8 Å². The van der Waals surface area contributed by atoms with E-state index < -0.39 is 0 Å². The molecule has 0 unspecified atom stereocenters. The Kier molecular flexibility index (Phi) is 3.83. The average molecular weight is 227 g/mol. The number of nitrogens with one attached hydrogen (secondary N) is 1. The van der Waals surface area contributed by atoms with Gasteiger partial charge in [-0.25, -0.2) is 0 Å². The molecule has 0 saturated carbocycles. The van der Waals surface area contributed by atoms with E-state index in [1.807, 2.05) is 25.4 Å². The van der Waals surface area contributed by atoms with Gasteiger partial charge in [-0.2, -0.15) is 0 Å². The first-order valence-electron chi connectivity index (χ1n) is 5.80. The smallest absolute Gasteiger partial charge is 0.0542 e. The van der Waals surface area contributed by atoms with Gasteiger partial charge in [-0.15, -0.1) is 0 Å². The van der Waals surface area contributed by atoms with Gasteiger partial charge in [0.15, 0.2) is 0 Å². The Morgan fingerprint density at radius 1 is 1.24 bits per heavy atom. The van der Waals surface area contributed by atoms with Gasteiger partial charge in [0, 0.05) is 31.2 Å². The number of nitrogens with zero attached hydrogens (tertiary/aromatic N) is 2. The maximum atomic E-state index is 4.37. The monoisotopic (exact) mass is 227 g/mol. The molecule has 2 aromatic heterocycles. The van der Waals surface area contributed by atoms with Crippen LogP contribution in [0.1, 0.15) is 29.8 Å². The van der Waals surface area contributed by atoms with Crippen LogP contribution in [-0.2, 0) is 6.54 Å². The Balaban J connectivity index is 1.92. The fraction of sp³-hybridized carbons (Fsp3) is 0.286. The molecule has 2 heterocycles. The van der Waals surface area contributed by atoms with Crippen LogP contribution in [0.15, 0.2) is 42.9 Å². The Hall–Kier alpha value is -1.74. The van der Waals surface area contributed by atoms with Crippen molar-refractivity contribution in [3.05, 3.63) is 59.7 Å². The minimum Gasteiger partial charge on any atom is -0.305 e. The van der Waals surface area contributed by atoms with Crippen LogP contribution < -0.4 is 5.32 Å². The predicted molar refractivity (Wildman–Crippen MR) is 68.5 cm³/mol. The molecule has 0 aliphatic heterocycles. The Morgan fingerprint density at radius 3 is 2.76 bits per heavy atom. The minimum atomic E-state index is 0.284. The molecule has 0 radical (unpaired) electrons. The average Bonchev–Trinajstić information content (AvgIpc) is 2.39. The summed E-state index contributed by atoms with van der Waals surface area (Å²) >= 11 is 0. The van der Waals surface area contributed by atoms with Crippen molar-refractivity contribution in [2.45, 2.75) is 26.4 Å². The van der Waals surface area contributed by atoms with Crippen molar-refractivity contribution in [2.24, 2.45) is 0 Å². The second-order valence-corrected chi connectivity index (χ2v) is 4.22. The normalized spacial score (nSPS) is 12.4. The molecule has 3 heteroatoms. The lowest BCUT2D eigenvalue weighted by atomic mass is 10.1. The van der Waals surface area contributed by atoms with E-state index in [4.69, 9.17) is 0 Å². The molecule has 0 aliphatic rings. The van der Waals surface area contributed by atoms with Gasteiger partial charge in [0.05, 0.1) is 5.69 Å². The van der Waals surface area contributed by atoms with E-state index in [1.54, 1.807) is 6.20 Å². The first-order valence-corrected chi connectivity index (χ1v) is 5.80. The summed E-state index contributed by atoms with van der Waals surface area (Å²) in [5.74, 6) is 0. The van der Waals surface area contributed by atoms with Crippen LogP contribution in [0.25, 0.3) is 0 Å². The largest absolute Gasteiger partial charge is 0.305 e. The Morgan fingerprint density at radius 2 is 2.12 bits per heavy atom. The first kappa shape index (κ1) is 11.7. The highest BCUT2D eigenvalue weighted by Gasteiger charge is 2.04. The van der Waals surface area contributed by atoms with E-state index >= 15 is 0 Å². The van der Waals surface area contributed by atoms with Gasteiger partial charge >= 0.3 is 0 Å². The van der Waals surface area contributed by atoms with Gasteiger partial charge in [0.1, 0.15) is 0 Å². The molecule has 3 nitrogen and oxygen atoms in total. The first-order chi connectivity index (χ1) is 8.25. The summed E-state index contributed by atoms with van der Waals surface area (Å²) < 4.78 is 0. The van der Waals surface area contributed by atoms with Crippen molar-refractivity contribution in [3.63, 3.8) is 0 Å². The van der Waals surface area contributed by atoms with E-state index in [0.717, 1.165) is 12.2 Å². The van der Waals surface area contributed by atoms with Gasteiger partial charge in [-0.1, -0.05) is 12.1 Å². The zero-order valence-corrected chi connectivity index (χ0v) is 10.2. The summed E-state index contributed by atoms with van der Waals surface area (Å²) in [6, 6.07) is 8.45. The van der Waals surface area contributed by atoms with Crippen LogP contribution in [-0.4, -0.2) is 9.97 Å².